The van der Waals surface area contributed by atoms with E-state index in [-0.39, 0.29) is 6.61 Å². The number of aromatic nitrogens is 2. The summed E-state index contributed by atoms with van der Waals surface area (Å²) >= 11 is 6.04. The van der Waals surface area contributed by atoms with Gasteiger partial charge in [0.05, 0.1) is 12.3 Å². The molecule has 1 N–H and O–H groups in total. The second-order valence-corrected chi connectivity index (χ2v) is 4.59. The maximum absolute atomic E-state index is 11.7. The number of nitrogens with one attached hydrogen (secondary N) is 1. The van der Waals surface area contributed by atoms with Crippen molar-refractivity contribution >= 4 is 29.6 Å². The largest absolute Gasteiger partial charge is 0.464 e. The van der Waals surface area contributed by atoms with Crippen LogP contribution in [0.25, 0.3) is 6.08 Å². The molecule has 1 amide bonds. The molecule has 0 saturated carbocycles. The number of hydrogen-bond acceptors (Lipinski definition) is 4. The van der Waals surface area contributed by atoms with E-state index in [0.29, 0.717) is 10.7 Å². The maximum atomic E-state index is 11.7. The predicted octanol–water partition coefficient (Wildman–Crippen LogP) is 1.46. The first-order valence-electron chi connectivity index (χ1n) is 6.21. The summed E-state index contributed by atoms with van der Waals surface area (Å²) in [5, 5.41) is 7.09. The number of carbonyl (C=O) groups is 2. The van der Waals surface area contributed by atoms with Gasteiger partial charge >= 0.3 is 5.97 Å². The molecule has 0 bridgehead atoms. The van der Waals surface area contributed by atoms with Crippen LogP contribution in [0.5, 0.6) is 0 Å². The van der Waals surface area contributed by atoms with Gasteiger partial charge in [-0.2, -0.15) is 5.10 Å². The highest BCUT2D eigenvalue weighted by molar-refractivity contribution is 6.31. The summed E-state index contributed by atoms with van der Waals surface area (Å²) in [6, 6.07) is -0.697. The average molecular weight is 300 g/mol. The first-order chi connectivity index (χ1) is 9.36. The molecule has 0 aromatic carbocycles. The van der Waals surface area contributed by atoms with Gasteiger partial charge in [-0.3, -0.25) is 9.48 Å². The van der Waals surface area contributed by atoms with E-state index in [9.17, 15) is 9.59 Å². The second kappa shape index (κ2) is 7.09. The summed E-state index contributed by atoms with van der Waals surface area (Å²) in [5.41, 5.74) is 1.40. The SMILES string of the molecule is CCOC(=O)C(C)NC(=O)C=Cc1c(C)nn(C)c1Cl. The first kappa shape index (κ1) is 16.2. The minimum Gasteiger partial charge on any atom is -0.464 e. The van der Waals surface area contributed by atoms with Gasteiger partial charge in [0, 0.05) is 18.7 Å². The Labute approximate surface area is 122 Å². The van der Waals surface area contributed by atoms with E-state index in [4.69, 9.17) is 16.3 Å². The molecule has 1 aromatic rings. The number of hydrogen-bond donors (Lipinski definition) is 1. The summed E-state index contributed by atoms with van der Waals surface area (Å²) in [5.74, 6) is -0.866. The highest BCUT2D eigenvalue weighted by Gasteiger charge is 2.15. The number of aryl methyl sites for hydroxylation is 2. The highest BCUT2D eigenvalue weighted by atomic mass is 35.5. The van der Waals surface area contributed by atoms with Crippen molar-refractivity contribution in [2.24, 2.45) is 7.05 Å². The molecule has 1 rings (SSSR count). The number of esters is 1. The zero-order valence-electron chi connectivity index (χ0n) is 11.9. The molecule has 1 unspecified atom stereocenters. The van der Waals surface area contributed by atoms with E-state index in [2.05, 4.69) is 10.4 Å². The second-order valence-electron chi connectivity index (χ2n) is 4.23. The zero-order chi connectivity index (χ0) is 15.3. The number of rotatable bonds is 5. The molecule has 20 heavy (non-hydrogen) atoms. The van der Waals surface area contributed by atoms with Gasteiger partial charge in [0.25, 0.3) is 0 Å². The van der Waals surface area contributed by atoms with Crippen molar-refractivity contribution < 1.29 is 14.3 Å². The molecule has 0 radical (unpaired) electrons. The summed E-state index contributed by atoms with van der Waals surface area (Å²) in [6.07, 6.45) is 2.88. The van der Waals surface area contributed by atoms with E-state index in [1.165, 1.54) is 10.8 Å². The lowest BCUT2D eigenvalue weighted by molar-refractivity contribution is -0.146. The fourth-order valence-corrected chi connectivity index (χ4v) is 1.82. The standard InChI is InChI=1S/C13H18ClN3O3/c1-5-20-13(19)9(3)15-11(18)7-6-10-8(2)16-17(4)12(10)14/h6-7,9H,5H2,1-4H3,(H,15,18). The van der Waals surface area contributed by atoms with Gasteiger partial charge in [-0.1, -0.05) is 11.6 Å². The summed E-state index contributed by atoms with van der Waals surface area (Å²) < 4.78 is 6.32. The van der Waals surface area contributed by atoms with Gasteiger partial charge in [-0.25, -0.2) is 4.79 Å². The lowest BCUT2D eigenvalue weighted by Gasteiger charge is -2.10. The minimum absolute atomic E-state index is 0.277. The fraction of sp³-hybridized carbons (Fsp3) is 0.462. The van der Waals surface area contributed by atoms with Crippen molar-refractivity contribution in [3.05, 3.63) is 22.5 Å². The number of amides is 1. The third-order valence-electron chi connectivity index (χ3n) is 2.60. The van der Waals surface area contributed by atoms with Crippen molar-refractivity contribution in [3.63, 3.8) is 0 Å². The van der Waals surface area contributed by atoms with Gasteiger partial charge < -0.3 is 10.1 Å². The van der Waals surface area contributed by atoms with Crippen LogP contribution >= 0.6 is 11.6 Å². The molecular weight excluding hydrogens is 282 g/mol. The van der Waals surface area contributed by atoms with Crippen LogP contribution in [0.2, 0.25) is 5.15 Å². The first-order valence-corrected chi connectivity index (χ1v) is 6.58. The summed E-state index contributed by atoms with van der Waals surface area (Å²) in [4.78, 5) is 23.1. The van der Waals surface area contributed by atoms with Gasteiger partial charge in [0.1, 0.15) is 11.2 Å². The quantitative estimate of drug-likeness (QED) is 0.660. The van der Waals surface area contributed by atoms with Crippen molar-refractivity contribution in [2.45, 2.75) is 26.8 Å². The molecule has 7 heteroatoms. The van der Waals surface area contributed by atoms with E-state index < -0.39 is 17.9 Å². The molecule has 110 valence electrons. The lowest BCUT2D eigenvalue weighted by Crippen LogP contribution is -2.38. The van der Waals surface area contributed by atoms with Crippen LogP contribution in [-0.4, -0.2) is 34.3 Å². The Kier molecular flexibility index (Phi) is 5.76. The Morgan fingerprint density at radius 2 is 2.20 bits per heavy atom. The molecule has 0 spiro atoms. The zero-order valence-corrected chi connectivity index (χ0v) is 12.7. The molecule has 0 saturated heterocycles. The molecule has 0 aliphatic carbocycles. The number of ether oxygens (including phenoxy) is 1. The Morgan fingerprint density at radius 3 is 2.70 bits per heavy atom. The van der Waals surface area contributed by atoms with Crippen molar-refractivity contribution in [2.75, 3.05) is 6.61 Å². The topological polar surface area (TPSA) is 73.2 Å². The maximum Gasteiger partial charge on any atom is 0.328 e. The Hall–Kier alpha value is -1.82. The van der Waals surface area contributed by atoms with E-state index >= 15 is 0 Å². The molecule has 1 aromatic heterocycles. The third kappa shape index (κ3) is 4.09. The monoisotopic (exact) mass is 299 g/mol. The van der Waals surface area contributed by atoms with Crippen LogP contribution in [0, 0.1) is 6.92 Å². The van der Waals surface area contributed by atoms with E-state index in [1.54, 1.807) is 33.9 Å². The van der Waals surface area contributed by atoms with Gasteiger partial charge in [-0.05, 0) is 26.8 Å². The van der Waals surface area contributed by atoms with Crippen molar-refractivity contribution in [1.29, 1.82) is 0 Å². The van der Waals surface area contributed by atoms with Crippen LogP contribution in [0.15, 0.2) is 6.08 Å². The molecule has 1 atom stereocenters. The fourth-order valence-electron chi connectivity index (χ4n) is 1.58. The number of halogens is 1. The third-order valence-corrected chi connectivity index (χ3v) is 3.04. The number of nitrogens with zero attached hydrogens (tertiary/aromatic N) is 2. The Balaban J connectivity index is 2.66. The summed E-state index contributed by atoms with van der Waals surface area (Å²) in [7, 11) is 1.72. The van der Waals surface area contributed by atoms with Gasteiger partial charge in [0.2, 0.25) is 5.91 Å². The molecular formula is C13H18ClN3O3. The molecule has 6 nitrogen and oxygen atoms in total. The smallest absolute Gasteiger partial charge is 0.328 e. The Morgan fingerprint density at radius 1 is 1.55 bits per heavy atom. The number of carbonyl (C=O) groups excluding carboxylic acids is 2. The molecule has 0 aliphatic heterocycles. The van der Waals surface area contributed by atoms with Crippen LogP contribution in [-0.2, 0) is 21.4 Å². The van der Waals surface area contributed by atoms with Crippen LogP contribution < -0.4 is 5.32 Å². The van der Waals surface area contributed by atoms with Crippen molar-refractivity contribution in [3.8, 4) is 0 Å². The minimum atomic E-state index is -0.697. The molecule has 0 aliphatic rings. The summed E-state index contributed by atoms with van der Waals surface area (Å²) in [6.45, 7) is 5.34. The molecule has 0 fully saturated rings. The normalized spacial score (nSPS) is 12.4. The van der Waals surface area contributed by atoms with Crippen molar-refractivity contribution in [1.82, 2.24) is 15.1 Å². The van der Waals surface area contributed by atoms with Crippen LogP contribution in [0.1, 0.15) is 25.1 Å². The lowest BCUT2D eigenvalue weighted by atomic mass is 10.2. The van der Waals surface area contributed by atoms with Gasteiger partial charge in [-0.15, -0.1) is 0 Å². The Bertz CT molecular complexity index is 537. The van der Waals surface area contributed by atoms with Gasteiger partial charge in [0.15, 0.2) is 0 Å². The molecule has 1 heterocycles. The highest BCUT2D eigenvalue weighted by Crippen LogP contribution is 2.19. The predicted molar refractivity (Wildman–Crippen MR) is 76.2 cm³/mol. The van der Waals surface area contributed by atoms with E-state index in [1.807, 2.05) is 0 Å². The van der Waals surface area contributed by atoms with E-state index in [0.717, 1.165) is 5.69 Å². The van der Waals surface area contributed by atoms with Crippen LogP contribution in [0.3, 0.4) is 0 Å². The van der Waals surface area contributed by atoms with Crippen LogP contribution in [0.4, 0.5) is 0 Å². The average Bonchev–Trinajstić information content (AvgIpc) is 2.61.